The fourth-order valence-corrected chi connectivity index (χ4v) is 3.55. The second-order valence-electron chi connectivity index (χ2n) is 6.24. The van der Waals surface area contributed by atoms with Gasteiger partial charge in [0.05, 0.1) is 18.8 Å². The molecule has 0 bridgehead atoms. The van der Waals surface area contributed by atoms with E-state index in [9.17, 15) is 4.79 Å². The van der Waals surface area contributed by atoms with E-state index in [1.54, 1.807) is 12.0 Å². The Balaban J connectivity index is 1.63. The Morgan fingerprint density at radius 1 is 1.11 bits per heavy atom. The molecule has 0 saturated carbocycles. The van der Waals surface area contributed by atoms with Crippen molar-refractivity contribution in [2.45, 2.75) is 13.2 Å². The van der Waals surface area contributed by atoms with Crippen LogP contribution in [0.15, 0.2) is 47.8 Å². The van der Waals surface area contributed by atoms with Crippen molar-refractivity contribution in [2.75, 3.05) is 34.0 Å². The van der Waals surface area contributed by atoms with Crippen LogP contribution in [0.4, 0.5) is 0 Å². The van der Waals surface area contributed by atoms with Gasteiger partial charge in [0.25, 0.3) is 0 Å². The SMILES string of the molecule is COCCN(Cc1csc(COc2cccc3ccccc23)n1)C(=O)COC. The molecule has 1 amide bonds. The number of carbonyl (C=O) groups is 1. The summed E-state index contributed by atoms with van der Waals surface area (Å²) in [5, 5.41) is 5.05. The molecule has 0 unspecified atom stereocenters. The van der Waals surface area contributed by atoms with E-state index in [0.717, 1.165) is 27.2 Å². The molecule has 0 fully saturated rings. The van der Waals surface area contributed by atoms with Gasteiger partial charge in [0.1, 0.15) is 24.0 Å². The summed E-state index contributed by atoms with van der Waals surface area (Å²) in [5.74, 6) is 0.757. The molecule has 28 heavy (non-hydrogen) atoms. The Morgan fingerprint density at radius 2 is 1.93 bits per heavy atom. The first-order valence-electron chi connectivity index (χ1n) is 9.00. The number of fused-ring (bicyclic) bond motifs is 1. The lowest BCUT2D eigenvalue weighted by molar-refractivity contribution is -0.136. The van der Waals surface area contributed by atoms with Crippen molar-refractivity contribution in [3.63, 3.8) is 0 Å². The minimum atomic E-state index is -0.0823. The highest BCUT2D eigenvalue weighted by atomic mass is 32.1. The van der Waals surface area contributed by atoms with Gasteiger partial charge in [-0.05, 0) is 11.5 Å². The number of ether oxygens (including phenoxy) is 3. The minimum absolute atomic E-state index is 0.0465. The number of aromatic nitrogens is 1. The maximum atomic E-state index is 12.2. The van der Waals surface area contributed by atoms with Crippen LogP contribution in [-0.2, 0) is 27.4 Å². The van der Waals surface area contributed by atoms with Crippen molar-refractivity contribution in [1.82, 2.24) is 9.88 Å². The van der Waals surface area contributed by atoms with Crippen molar-refractivity contribution in [1.29, 1.82) is 0 Å². The summed E-state index contributed by atoms with van der Waals surface area (Å²) in [7, 11) is 3.13. The van der Waals surface area contributed by atoms with Gasteiger partial charge < -0.3 is 19.1 Å². The zero-order valence-corrected chi connectivity index (χ0v) is 16.9. The molecule has 0 saturated heterocycles. The Labute approximate surface area is 168 Å². The fourth-order valence-electron chi connectivity index (χ4n) is 2.85. The quantitative estimate of drug-likeness (QED) is 0.521. The van der Waals surface area contributed by atoms with Crippen molar-refractivity contribution in [3.05, 3.63) is 58.5 Å². The lowest BCUT2D eigenvalue weighted by Gasteiger charge is -2.21. The number of thiazole rings is 1. The van der Waals surface area contributed by atoms with E-state index in [2.05, 4.69) is 17.1 Å². The molecule has 1 heterocycles. The number of hydrogen-bond acceptors (Lipinski definition) is 6. The molecule has 0 aliphatic rings. The average molecular weight is 401 g/mol. The molecule has 148 valence electrons. The molecule has 6 nitrogen and oxygen atoms in total. The topological polar surface area (TPSA) is 60.9 Å². The second kappa shape index (κ2) is 10.2. The Bertz CT molecular complexity index is 907. The molecule has 7 heteroatoms. The van der Waals surface area contributed by atoms with Crippen LogP contribution in [0.5, 0.6) is 5.75 Å². The summed E-state index contributed by atoms with van der Waals surface area (Å²) >= 11 is 1.53. The van der Waals surface area contributed by atoms with E-state index in [4.69, 9.17) is 14.2 Å². The smallest absolute Gasteiger partial charge is 0.248 e. The van der Waals surface area contributed by atoms with E-state index >= 15 is 0 Å². The summed E-state index contributed by atoms with van der Waals surface area (Å²) in [4.78, 5) is 18.5. The van der Waals surface area contributed by atoms with Crippen LogP contribution >= 0.6 is 11.3 Å². The number of rotatable bonds is 10. The molecule has 0 atom stereocenters. The van der Waals surface area contributed by atoms with Crippen LogP contribution in [0.1, 0.15) is 10.7 Å². The van der Waals surface area contributed by atoms with E-state index in [1.165, 1.54) is 18.4 Å². The van der Waals surface area contributed by atoms with E-state index in [-0.39, 0.29) is 12.5 Å². The van der Waals surface area contributed by atoms with Crippen LogP contribution in [0.3, 0.4) is 0 Å². The van der Waals surface area contributed by atoms with Gasteiger partial charge >= 0.3 is 0 Å². The highest BCUT2D eigenvalue weighted by Crippen LogP contribution is 2.26. The van der Waals surface area contributed by atoms with Gasteiger partial charge in [-0.1, -0.05) is 36.4 Å². The Morgan fingerprint density at radius 3 is 2.75 bits per heavy atom. The highest BCUT2D eigenvalue weighted by molar-refractivity contribution is 7.09. The molecule has 1 aromatic heterocycles. The zero-order valence-electron chi connectivity index (χ0n) is 16.1. The lowest BCUT2D eigenvalue weighted by Crippen LogP contribution is -2.36. The third-order valence-corrected chi connectivity index (χ3v) is 5.11. The number of methoxy groups -OCH3 is 2. The highest BCUT2D eigenvalue weighted by Gasteiger charge is 2.15. The predicted molar refractivity (Wildman–Crippen MR) is 110 cm³/mol. The molecule has 0 spiro atoms. The largest absolute Gasteiger partial charge is 0.486 e. The molecular weight excluding hydrogens is 376 g/mol. The summed E-state index contributed by atoms with van der Waals surface area (Å²) in [6.45, 7) is 1.83. The van der Waals surface area contributed by atoms with Gasteiger partial charge in [0.2, 0.25) is 5.91 Å². The Kier molecular flexibility index (Phi) is 7.36. The van der Waals surface area contributed by atoms with Crippen LogP contribution < -0.4 is 4.74 Å². The molecule has 3 rings (SSSR count). The normalized spacial score (nSPS) is 10.9. The fraction of sp³-hybridized carbons (Fsp3) is 0.333. The monoisotopic (exact) mass is 400 g/mol. The summed E-state index contributed by atoms with van der Waals surface area (Å²) in [6, 6.07) is 14.1. The molecular formula is C21H24N2O4S. The van der Waals surface area contributed by atoms with Crippen molar-refractivity contribution < 1.29 is 19.0 Å². The lowest BCUT2D eigenvalue weighted by atomic mass is 10.1. The molecule has 2 aromatic carbocycles. The van der Waals surface area contributed by atoms with Crippen LogP contribution in [0, 0.1) is 0 Å². The number of hydrogen-bond donors (Lipinski definition) is 0. The number of benzene rings is 2. The summed E-state index contributed by atoms with van der Waals surface area (Å²) < 4.78 is 16.1. The van der Waals surface area contributed by atoms with Crippen LogP contribution in [0.25, 0.3) is 10.8 Å². The molecule has 0 N–H and O–H groups in total. The molecule has 0 aliphatic carbocycles. The van der Waals surface area contributed by atoms with Gasteiger partial charge in [0, 0.05) is 31.5 Å². The first kappa shape index (κ1) is 20.3. The van der Waals surface area contributed by atoms with Crippen molar-refractivity contribution >= 4 is 28.0 Å². The second-order valence-corrected chi connectivity index (χ2v) is 7.18. The third-order valence-electron chi connectivity index (χ3n) is 4.24. The van der Waals surface area contributed by atoms with Gasteiger partial charge in [-0.2, -0.15) is 0 Å². The molecule has 0 aliphatic heterocycles. The van der Waals surface area contributed by atoms with Crippen LogP contribution in [-0.4, -0.2) is 49.8 Å². The molecule has 0 radical (unpaired) electrons. The van der Waals surface area contributed by atoms with Crippen LogP contribution in [0.2, 0.25) is 0 Å². The minimum Gasteiger partial charge on any atom is -0.486 e. The van der Waals surface area contributed by atoms with Gasteiger partial charge in [-0.3, -0.25) is 4.79 Å². The number of nitrogens with zero attached hydrogens (tertiary/aromatic N) is 2. The standard InChI is InChI=1S/C21H24N2O4S/c1-25-11-10-23(21(24)14-26-2)12-17-15-28-20(22-17)13-27-19-9-5-7-16-6-3-4-8-18(16)19/h3-9,15H,10-14H2,1-2H3. The summed E-state index contributed by atoms with van der Waals surface area (Å²) in [6.07, 6.45) is 0. The Hall–Kier alpha value is -2.48. The predicted octanol–water partition coefficient (Wildman–Crippen LogP) is 3.50. The first-order valence-corrected chi connectivity index (χ1v) is 9.88. The number of carbonyl (C=O) groups excluding carboxylic acids is 1. The van der Waals surface area contributed by atoms with Crippen molar-refractivity contribution in [3.8, 4) is 5.75 Å². The first-order chi connectivity index (χ1) is 13.7. The molecule has 3 aromatic rings. The van der Waals surface area contributed by atoms with Gasteiger partial charge in [-0.25, -0.2) is 4.98 Å². The van der Waals surface area contributed by atoms with E-state index < -0.39 is 0 Å². The van der Waals surface area contributed by atoms with E-state index in [0.29, 0.717) is 26.3 Å². The van der Waals surface area contributed by atoms with Crippen molar-refractivity contribution in [2.24, 2.45) is 0 Å². The summed E-state index contributed by atoms with van der Waals surface area (Å²) in [5.41, 5.74) is 0.835. The third kappa shape index (κ3) is 5.28. The van der Waals surface area contributed by atoms with Gasteiger partial charge in [0.15, 0.2) is 0 Å². The maximum absolute atomic E-state index is 12.2. The maximum Gasteiger partial charge on any atom is 0.248 e. The zero-order chi connectivity index (χ0) is 19.8. The number of amides is 1. The van der Waals surface area contributed by atoms with E-state index in [1.807, 2.05) is 35.7 Å². The average Bonchev–Trinajstić information content (AvgIpc) is 3.17. The van der Waals surface area contributed by atoms with Gasteiger partial charge in [-0.15, -0.1) is 11.3 Å².